The number of imidazole rings is 1. The van der Waals surface area contributed by atoms with Crippen LogP contribution in [0.3, 0.4) is 0 Å². The number of hydrogen-bond donors (Lipinski definition) is 1. The average molecular weight is 205 g/mol. The fraction of sp³-hybridized carbons (Fsp3) is 0.545. The molecule has 80 valence electrons. The van der Waals surface area contributed by atoms with Gasteiger partial charge in [-0.2, -0.15) is 0 Å². The van der Waals surface area contributed by atoms with Gasteiger partial charge < -0.3 is 14.6 Å². The van der Waals surface area contributed by atoms with Gasteiger partial charge in [-0.1, -0.05) is 0 Å². The Morgan fingerprint density at radius 2 is 2.67 bits per heavy atom. The topological polar surface area (TPSA) is 39.1 Å². The van der Waals surface area contributed by atoms with Crippen LogP contribution in [0.25, 0.3) is 0 Å². The normalized spacial score (nSPS) is 21.1. The molecule has 1 aromatic heterocycles. The Morgan fingerprint density at radius 3 is 3.40 bits per heavy atom. The number of nitrogens with zero attached hydrogens (tertiary/aromatic N) is 2. The van der Waals surface area contributed by atoms with Crippen molar-refractivity contribution in [2.75, 3.05) is 19.7 Å². The maximum atomic E-state index is 5.67. The quantitative estimate of drug-likeness (QED) is 0.733. The van der Waals surface area contributed by atoms with Crippen LogP contribution in [0.2, 0.25) is 0 Å². The third kappa shape index (κ3) is 2.38. The third-order valence-electron chi connectivity index (χ3n) is 2.50. The monoisotopic (exact) mass is 205 g/mol. The first kappa shape index (κ1) is 10.2. The summed E-state index contributed by atoms with van der Waals surface area (Å²) < 4.78 is 7.73. The van der Waals surface area contributed by atoms with Crippen LogP contribution in [0, 0.1) is 12.3 Å². The highest BCUT2D eigenvalue weighted by Gasteiger charge is 2.18. The van der Waals surface area contributed by atoms with Crippen molar-refractivity contribution in [2.24, 2.45) is 0 Å². The summed E-state index contributed by atoms with van der Waals surface area (Å²) in [6.07, 6.45) is 9.75. The number of aryl methyl sites for hydroxylation is 1. The predicted octanol–water partition coefficient (Wildman–Crippen LogP) is 0.567. The van der Waals surface area contributed by atoms with Gasteiger partial charge in [0, 0.05) is 26.1 Å². The smallest absolute Gasteiger partial charge is 0.111 e. The van der Waals surface area contributed by atoms with E-state index in [0.29, 0.717) is 0 Å². The van der Waals surface area contributed by atoms with Gasteiger partial charge in [-0.3, -0.25) is 0 Å². The highest BCUT2D eigenvalue weighted by atomic mass is 16.5. The minimum Gasteiger partial charge on any atom is -0.369 e. The zero-order valence-corrected chi connectivity index (χ0v) is 8.65. The van der Waals surface area contributed by atoms with Crippen molar-refractivity contribution in [1.29, 1.82) is 0 Å². The fourth-order valence-electron chi connectivity index (χ4n) is 1.73. The van der Waals surface area contributed by atoms with E-state index in [1.54, 1.807) is 0 Å². The Labute approximate surface area is 89.6 Å². The molecule has 4 heteroatoms. The molecule has 0 bridgehead atoms. The number of rotatable bonds is 3. The van der Waals surface area contributed by atoms with Crippen LogP contribution in [0.5, 0.6) is 0 Å². The first-order valence-electron chi connectivity index (χ1n) is 5.17. The molecular formula is C11H15N3O. The van der Waals surface area contributed by atoms with Crippen molar-refractivity contribution in [2.45, 2.75) is 19.1 Å². The number of hydrogen-bond acceptors (Lipinski definition) is 3. The lowest BCUT2D eigenvalue weighted by molar-refractivity contribution is 0.0228. The molecule has 1 aliphatic heterocycles. The summed E-state index contributed by atoms with van der Waals surface area (Å²) in [6, 6.07) is 0. The Balaban J connectivity index is 2.06. The van der Waals surface area contributed by atoms with Crippen molar-refractivity contribution < 1.29 is 4.74 Å². The van der Waals surface area contributed by atoms with Gasteiger partial charge in [-0.15, -0.1) is 12.3 Å². The van der Waals surface area contributed by atoms with E-state index in [0.717, 1.165) is 38.4 Å². The van der Waals surface area contributed by atoms with E-state index >= 15 is 0 Å². The van der Waals surface area contributed by atoms with Gasteiger partial charge in [0.2, 0.25) is 0 Å². The van der Waals surface area contributed by atoms with Crippen LogP contribution in [0.15, 0.2) is 12.5 Å². The number of morpholine rings is 1. The highest BCUT2D eigenvalue weighted by Crippen LogP contribution is 2.18. The summed E-state index contributed by atoms with van der Waals surface area (Å²) in [7, 11) is 0. The minimum atomic E-state index is 0.110. The molecule has 0 aliphatic carbocycles. The van der Waals surface area contributed by atoms with Crippen molar-refractivity contribution in [3.63, 3.8) is 0 Å². The summed E-state index contributed by atoms with van der Waals surface area (Å²) in [5, 5.41) is 3.30. The first-order chi connectivity index (χ1) is 7.42. The van der Waals surface area contributed by atoms with Gasteiger partial charge >= 0.3 is 0 Å². The van der Waals surface area contributed by atoms with E-state index in [-0.39, 0.29) is 6.10 Å². The lowest BCUT2D eigenvalue weighted by Crippen LogP contribution is -2.34. The summed E-state index contributed by atoms with van der Waals surface area (Å²) in [5.41, 5.74) is 1.11. The SMILES string of the molecule is C#CCCn1cncc1C1CNCCO1. The van der Waals surface area contributed by atoms with Gasteiger partial charge in [-0.25, -0.2) is 4.98 Å². The maximum Gasteiger partial charge on any atom is 0.111 e. The van der Waals surface area contributed by atoms with Gasteiger partial charge in [0.1, 0.15) is 6.10 Å². The van der Waals surface area contributed by atoms with Gasteiger partial charge in [0.15, 0.2) is 0 Å². The highest BCUT2D eigenvalue weighted by molar-refractivity contribution is 5.05. The van der Waals surface area contributed by atoms with Crippen LogP contribution >= 0.6 is 0 Å². The number of ether oxygens (including phenoxy) is 1. The van der Waals surface area contributed by atoms with Crippen molar-refractivity contribution >= 4 is 0 Å². The molecule has 1 aliphatic rings. The molecule has 0 saturated carbocycles. The van der Waals surface area contributed by atoms with Gasteiger partial charge in [0.05, 0.1) is 24.8 Å². The number of nitrogens with one attached hydrogen (secondary N) is 1. The number of aromatic nitrogens is 2. The summed E-state index contributed by atoms with van der Waals surface area (Å²) in [4.78, 5) is 4.14. The maximum absolute atomic E-state index is 5.67. The summed E-state index contributed by atoms with van der Waals surface area (Å²) in [5.74, 6) is 2.63. The largest absolute Gasteiger partial charge is 0.369 e. The lowest BCUT2D eigenvalue weighted by Gasteiger charge is -2.24. The second-order valence-electron chi connectivity index (χ2n) is 3.53. The Hall–Kier alpha value is -1.31. The second-order valence-corrected chi connectivity index (χ2v) is 3.53. The molecule has 2 heterocycles. The lowest BCUT2D eigenvalue weighted by atomic mass is 10.2. The molecule has 15 heavy (non-hydrogen) atoms. The molecule has 1 unspecified atom stereocenters. The number of terminal acetylenes is 1. The Bertz CT molecular complexity index is 347. The zero-order chi connectivity index (χ0) is 10.5. The zero-order valence-electron chi connectivity index (χ0n) is 8.65. The van der Waals surface area contributed by atoms with E-state index in [1.165, 1.54) is 0 Å². The first-order valence-corrected chi connectivity index (χ1v) is 5.17. The van der Waals surface area contributed by atoms with E-state index < -0.39 is 0 Å². The predicted molar refractivity (Wildman–Crippen MR) is 57.2 cm³/mol. The average Bonchev–Trinajstić information content (AvgIpc) is 2.75. The van der Waals surface area contributed by atoms with Crippen LogP contribution in [0.1, 0.15) is 18.2 Å². The Morgan fingerprint density at radius 1 is 1.73 bits per heavy atom. The molecule has 1 fully saturated rings. The molecule has 0 amide bonds. The molecule has 1 saturated heterocycles. The standard InChI is InChI=1S/C11H15N3O/c1-2-3-5-14-9-13-7-10(14)11-8-12-4-6-15-11/h1,7,9,11-12H,3-6,8H2. The van der Waals surface area contributed by atoms with Crippen LogP contribution in [-0.2, 0) is 11.3 Å². The van der Waals surface area contributed by atoms with Crippen LogP contribution in [0.4, 0.5) is 0 Å². The van der Waals surface area contributed by atoms with Crippen molar-refractivity contribution in [1.82, 2.24) is 14.9 Å². The van der Waals surface area contributed by atoms with Crippen molar-refractivity contribution in [3.8, 4) is 12.3 Å². The Kier molecular flexibility index (Phi) is 3.38. The molecule has 1 N–H and O–H groups in total. The molecule has 0 aromatic carbocycles. The molecule has 1 atom stereocenters. The molecule has 0 spiro atoms. The van der Waals surface area contributed by atoms with Crippen molar-refractivity contribution in [3.05, 3.63) is 18.2 Å². The van der Waals surface area contributed by atoms with E-state index in [2.05, 4.69) is 20.8 Å². The fourth-order valence-corrected chi connectivity index (χ4v) is 1.73. The third-order valence-corrected chi connectivity index (χ3v) is 2.50. The minimum absolute atomic E-state index is 0.110. The van der Waals surface area contributed by atoms with Gasteiger partial charge in [-0.05, 0) is 0 Å². The summed E-state index contributed by atoms with van der Waals surface area (Å²) >= 11 is 0. The molecule has 4 nitrogen and oxygen atoms in total. The second kappa shape index (κ2) is 4.96. The molecule has 1 aromatic rings. The van der Waals surface area contributed by atoms with Gasteiger partial charge in [0.25, 0.3) is 0 Å². The van der Waals surface area contributed by atoms with E-state index in [9.17, 15) is 0 Å². The van der Waals surface area contributed by atoms with E-state index in [1.807, 2.05) is 12.5 Å². The summed E-state index contributed by atoms with van der Waals surface area (Å²) in [6.45, 7) is 3.34. The van der Waals surface area contributed by atoms with E-state index in [4.69, 9.17) is 11.2 Å². The van der Waals surface area contributed by atoms with Crippen LogP contribution < -0.4 is 5.32 Å². The molecule has 0 radical (unpaired) electrons. The molecular weight excluding hydrogens is 190 g/mol. The molecule has 2 rings (SSSR count). The van der Waals surface area contributed by atoms with Crippen LogP contribution in [-0.4, -0.2) is 29.2 Å².